The molecule has 0 radical (unpaired) electrons. The number of nitrogen functional groups attached to an aromatic ring is 1. The third-order valence-corrected chi connectivity index (χ3v) is 5.86. The molecule has 0 bridgehead atoms. The van der Waals surface area contributed by atoms with E-state index >= 15 is 0 Å². The topological polar surface area (TPSA) is 67.1 Å². The van der Waals surface area contributed by atoms with Crippen LogP contribution in [0, 0.1) is 3.57 Å². The van der Waals surface area contributed by atoms with Gasteiger partial charge in [-0.1, -0.05) is 41.9 Å². The molecule has 1 aliphatic rings. The maximum atomic E-state index is 6.49. The van der Waals surface area contributed by atoms with E-state index in [1.807, 2.05) is 30.3 Å². The molecule has 2 heterocycles. The van der Waals surface area contributed by atoms with Crippen LogP contribution >= 0.6 is 34.2 Å². The molecule has 3 aromatic rings. The van der Waals surface area contributed by atoms with Crippen LogP contribution in [-0.4, -0.2) is 16.0 Å². The van der Waals surface area contributed by atoms with Crippen LogP contribution in [-0.2, 0) is 6.54 Å². The number of nitrogens with one attached hydrogen (secondary N) is 1. The van der Waals surface area contributed by atoms with Crippen molar-refractivity contribution >= 4 is 57.7 Å². The maximum absolute atomic E-state index is 6.49. The van der Waals surface area contributed by atoms with E-state index in [1.54, 1.807) is 6.20 Å². The van der Waals surface area contributed by atoms with Crippen molar-refractivity contribution in [1.82, 2.24) is 9.97 Å². The van der Waals surface area contributed by atoms with Gasteiger partial charge in [-0.25, -0.2) is 4.98 Å². The average molecular weight is 504 g/mol. The van der Waals surface area contributed by atoms with Gasteiger partial charge < -0.3 is 16.0 Å². The standard InChI is InChI=1S/C21H19ClIN5/c1-13(26-20-18(23)11-25-21(24)27-20)19-10-14-6-5-9-17(22)16(14)12-28(19)15-7-3-2-4-8-15/h2-11,13H,12H2,1H3,(H3,24,25,26,27)/t13-/m0/s1. The normalized spacial score (nSPS) is 14.2. The van der Waals surface area contributed by atoms with Gasteiger partial charge in [-0.2, -0.15) is 4.98 Å². The van der Waals surface area contributed by atoms with Crippen molar-refractivity contribution in [2.75, 3.05) is 16.0 Å². The van der Waals surface area contributed by atoms with E-state index in [4.69, 9.17) is 17.3 Å². The molecule has 28 heavy (non-hydrogen) atoms. The zero-order valence-electron chi connectivity index (χ0n) is 15.2. The van der Waals surface area contributed by atoms with E-state index in [9.17, 15) is 0 Å². The second-order valence-electron chi connectivity index (χ2n) is 6.59. The van der Waals surface area contributed by atoms with Crippen LogP contribution in [0.25, 0.3) is 6.08 Å². The van der Waals surface area contributed by atoms with Crippen LogP contribution in [0.15, 0.2) is 60.4 Å². The van der Waals surface area contributed by atoms with Gasteiger partial charge in [0.1, 0.15) is 5.82 Å². The number of benzene rings is 2. The number of hydrogen-bond donors (Lipinski definition) is 2. The Morgan fingerprint density at radius 3 is 2.75 bits per heavy atom. The molecule has 0 spiro atoms. The molecule has 142 valence electrons. The second kappa shape index (κ2) is 7.97. The predicted molar refractivity (Wildman–Crippen MR) is 124 cm³/mol. The first-order chi connectivity index (χ1) is 13.5. The summed E-state index contributed by atoms with van der Waals surface area (Å²) in [5.74, 6) is 0.983. The lowest BCUT2D eigenvalue weighted by atomic mass is 9.98. The molecule has 0 fully saturated rings. The van der Waals surface area contributed by atoms with Crippen LogP contribution in [0.2, 0.25) is 5.02 Å². The number of aromatic nitrogens is 2. The van der Waals surface area contributed by atoms with Crippen molar-refractivity contribution in [2.45, 2.75) is 19.5 Å². The lowest BCUT2D eigenvalue weighted by Gasteiger charge is -2.36. The third-order valence-electron chi connectivity index (χ3n) is 4.71. The summed E-state index contributed by atoms with van der Waals surface area (Å²) in [6.07, 6.45) is 3.91. The van der Waals surface area contributed by atoms with Gasteiger partial charge >= 0.3 is 0 Å². The van der Waals surface area contributed by atoms with E-state index < -0.39 is 0 Å². The molecule has 0 saturated carbocycles. The zero-order valence-corrected chi connectivity index (χ0v) is 18.1. The molecule has 5 nitrogen and oxygen atoms in total. The van der Waals surface area contributed by atoms with Crippen molar-refractivity contribution in [1.29, 1.82) is 0 Å². The van der Waals surface area contributed by atoms with E-state index in [0.717, 1.165) is 36.9 Å². The minimum atomic E-state index is -0.00449. The second-order valence-corrected chi connectivity index (χ2v) is 8.16. The highest BCUT2D eigenvalue weighted by atomic mass is 127. The Balaban J connectivity index is 1.75. The average Bonchev–Trinajstić information content (AvgIpc) is 2.71. The molecule has 0 amide bonds. The molecule has 1 aromatic heterocycles. The number of nitrogens with zero attached hydrogens (tertiary/aromatic N) is 3. The van der Waals surface area contributed by atoms with Crippen LogP contribution in [0.4, 0.5) is 17.5 Å². The van der Waals surface area contributed by atoms with Gasteiger partial charge in [-0.05, 0) is 64.9 Å². The Kier molecular flexibility index (Phi) is 5.41. The SMILES string of the molecule is C[C@H](Nc1nc(N)ncc1I)C1=Cc2cccc(Cl)c2CN1c1ccccc1. The summed E-state index contributed by atoms with van der Waals surface area (Å²) < 4.78 is 0.921. The Labute approximate surface area is 182 Å². The zero-order chi connectivity index (χ0) is 19.7. The Morgan fingerprint density at radius 2 is 1.96 bits per heavy atom. The van der Waals surface area contributed by atoms with Gasteiger partial charge in [0.25, 0.3) is 0 Å². The van der Waals surface area contributed by atoms with E-state index in [2.05, 4.69) is 74.0 Å². The van der Waals surface area contributed by atoms with Gasteiger partial charge in [-0.3, -0.25) is 0 Å². The predicted octanol–water partition coefficient (Wildman–Crippen LogP) is 5.18. The minimum absolute atomic E-state index is 0.00449. The fourth-order valence-electron chi connectivity index (χ4n) is 3.33. The molecule has 7 heteroatoms. The summed E-state index contributed by atoms with van der Waals surface area (Å²) >= 11 is 8.70. The van der Waals surface area contributed by atoms with Crippen molar-refractivity contribution in [3.63, 3.8) is 0 Å². The highest BCUT2D eigenvalue weighted by Crippen LogP contribution is 2.35. The summed E-state index contributed by atoms with van der Waals surface area (Å²) in [4.78, 5) is 10.7. The third kappa shape index (κ3) is 3.79. The first-order valence-corrected chi connectivity index (χ1v) is 10.3. The number of anilines is 3. The molecule has 2 aromatic carbocycles. The van der Waals surface area contributed by atoms with Gasteiger partial charge in [0.15, 0.2) is 0 Å². The summed E-state index contributed by atoms with van der Waals surface area (Å²) in [6, 6.07) is 16.3. The summed E-state index contributed by atoms with van der Waals surface area (Å²) in [7, 11) is 0. The fourth-order valence-corrected chi connectivity index (χ4v) is 3.99. The Hall–Kier alpha value is -2.32. The van der Waals surface area contributed by atoms with E-state index in [-0.39, 0.29) is 12.0 Å². The molecule has 0 saturated heterocycles. The van der Waals surface area contributed by atoms with E-state index in [1.165, 1.54) is 0 Å². The lowest BCUT2D eigenvalue weighted by molar-refractivity contribution is 0.795. The quantitative estimate of drug-likeness (QED) is 0.480. The molecule has 0 unspecified atom stereocenters. The smallest absolute Gasteiger partial charge is 0.221 e. The van der Waals surface area contributed by atoms with Crippen LogP contribution in [0.1, 0.15) is 18.1 Å². The summed E-state index contributed by atoms with van der Waals surface area (Å²) in [5.41, 5.74) is 10.3. The van der Waals surface area contributed by atoms with Crippen molar-refractivity contribution < 1.29 is 0 Å². The molecule has 1 aliphatic heterocycles. The van der Waals surface area contributed by atoms with Crippen LogP contribution < -0.4 is 16.0 Å². The number of rotatable bonds is 4. The van der Waals surface area contributed by atoms with E-state index in [0.29, 0.717) is 6.54 Å². The maximum Gasteiger partial charge on any atom is 0.221 e. The van der Waals surface area contributed by atoms with Gasteiger partial charge in [0.2, 0.25) is 5.95 Å². The summed E-state index contributed by atoms with van der Waals surface area (Å²) in [5, 5.41) is 4.27. The van der Waals surface area contributed by atoms with Crippen molar-refractivity contribution in [2.24, 2.45) is 0 Å². The van der Waals surface area contributed by atoms with Crippen molar-refractivity contribution in [3.8, 4) is 0 Å². The van der Waals surface area contributed by atoms with Gasteiger partial charge in [-0.15, -0.1) is 0 Å². The molecular weight excluding hydrogens is 485 g/mol. The lowest BCUT2D eigenvalue weighted by Crippen LogP contribution is -2.35. The monoisotopic (exact) mass is 503 g/mol. The largest absolute Gasteiger partial charge is 0.368 e. The number of fused-ring (bicyclic) bond motifs is 1. The molecule has 1 atom stereocenters. The van der Waals surface area contributed by atoms with Crippen LogP contribution in [0.5, 0.6) is 0 Å². The Morgan fingerprint density at radius 1 is 1.18 bits per heavy atom. The first-order valence-electron chi connectivity index (χ1n) is 8.89. The number of nitrogens with two attached hydrogens (primary N) is 1. The minimum Gasteiger partial charge on any atom is -0.368 e. The Bertz CT molecular complexity index is 1040. The molecule has 4 rings (SSSR count). The van der Waals surface area contributed by atoms with Crippen molar-refractivity contribution in [3.05, 3.63) is 80.1 Å². The molecule has 0 aliphatic carbocycles. The highest BCUT2D eigenvalue weighted by Gasteiger charge is 2.25. The highest BCUT2D eigenvalue weighted by molar-refractivity contribution is 14.1. The number of halogens is 2. The van der Waals surface area contributed by atoms with Crippen LogP contribution in [0.3, 0.4) is 0 Å². The molecule has 3 N–H and O–H groups in total. The first kappa shape index (κ1) is 19.0. The fraction of sp³-hybridized carbons (Fsp3) is 0.143. The molecular formula is C21H19ClIN5. The van der Waals surface area contributed by atoms with Gasteiger partial charge in [0, 0.05) is 29.1 Å². The number of hydrogen-bond acceptors (Lipinski definition) is 5. The number of para-hydroxylation sites is 1. The van der Waals surface area contributed by atoms with Gasteiger partial charge in [0.05, 0.1) is 9.61 Å². The summed E-state index contributed by atoms with van der Waals surface area (Å²) in [6.45, 7) is 2.82.